The lowest BCUT2D eigenvalue weighted by molar-refractivity contribution is 0.0945. The van der Waals surface area contributed by atoms with E-state index in [1.165, 1.54) is 0 Å². The first kappa shape index (κ1) is 14.6. The summed E-state index contributed by atoms with van der Waals surface area (Å²) in [5.74, 6) is 0.597. The van der Waals surface area contributed by atoms with E-state index in [0.717, 1.165) is 51.9 Å². The van der Waals surface area contributed by atoms with Crippen molar-refractivity contribution in [3.63, 3.8) is 0 Å². The smallest absolute Gasteiger partial charge is 0.317 e. The van der Waals surface area contributed by atoms with Gasteiger partial charge in [0.25, 0.3) is 0 Å². The van der Waals surface area contributed by atoms with Crippen LogP contribution in [0.2, 0.25) is 0 Å². The van der Waals surface area contributed by atoms with Crippen molar-refractivity contribution in [2.24, 2.45) is 5.92 Å². The maximum absolute atomic E-state index is 11.8. The minimum atomic E-state index is -0.247. The minimum Gasteiger partial charge on any atom is -0.392 e. The molecule has 1 saturated heterocycles. The molecule has 0 aromatic heterocycles. The van der Waals surface area contributed by atoms with Gasteiger partial charge in [-0.25, -0.2) is 4.79 Å². The van der Waals surface area contributed by atoms with Gasteiger partial charge in [-0.15, -0.1) is 0 Å². The summed E-state index contributed by atoms with van der Waals surface area (Å²) in [4.78, 5) is 16.0. The van der Waals surface area contributed by atoms with Crippen LogP contribution in [0.1, 0.15) is 32.6 Å². The van der Waals surface area contributed by atoms with Crippen LogP contribution >= 0.6 is 0 Å². The van der Waals surface area contributed by atoms with E-state index in [0.29, 0.717) is 12.0 Å². The fraction of sp³-hybridized carbons (Fsp3) is 0.929. The maximum atomic E-state index is 11.8. The number of carbonyl (C=O) groups excluding carboxylic acids is 1. The molecule has 0 spiro atoms. The predicted octanol–water partition coefficient (Wildman–Crippen LogP) is 0.883. The predicted molar refractivity (Wildman–Crippen MR) is 75.0 cm³/mol. The molecule has 2 rings (SSSR count). The number of urea groups is 1. The van der Waals surface area contributed by atoms with Crippen LogP contribution in [0.25, 0.3) is 0 Å². The zero-order valence-corrected chi connectivity index (χ0v) is 12.1. The van der Waals surface area contributed by atoms with Gasteiger partial charge in [-0.05, 0) is 51.6 Å². The monoisotopic (exact) mass is 269 g/mol. The molecule has 5 heteroatoms. The fourth-order valence-electron chi connectivity index (χ4n) is 2.71. The lowest BCUT2D eigenvalue weighted by atomic mass is 9.96. The molecule has 19 heavy (non-hydrogen) atoms. The third-order valence-corrected chi connectivity index (χ3v) is 4.01. The van der Waals surface area contributed by atoms with Gasteiger partial charge in [-0.1, -0.05) is 0 Å². The average molecular weight is 269 g/mol. The first-order valence-corrected chi connectivity index (χ1v) is 7.46. The third kappa shape index (κ3) is 4.99. The summed E-state index contributed by atoms with van der Waals surface area (Å²) >= 11 is 0. The zero-order valence-electron chi connectivity index (χ0n) is 12.1. The molecule has 2 amide bonds. The highest BCUT2D eigenvalue weighted by molar-refractivity contribution is 5.74. The number of β-amino-alcohol motifs (C(OH)–C–C–N with tert-alkyl or cyclic N) is 1. The Labute approximate surface area is 115 Å². The fourth-order valence-corrected chi connectivity index (χ4v) is 2.71. The second-order valence-corrected chi connectivity index (χ2v) is 6.20. The second-order valence-electron chi connectivity index (χ2n) is 6.20. The van der Waals surface area contributed by atoms with Crippen LogP contribution in [0.3, 0.4) is 0 Å². The van der Waals surface area contributed by atoms with E-state index < -0.39 is 0 Å². The topological polar surface area (TPSA) is 55.8 Å². The van der Waals surface area contributed by atoms with Crippen LogP contribution in [0.4, 0.5) is 4.79 Å². The van der Waals surface area contributed by atoms with E-state index in [1.807, 2.05) is 18.9 Å². The van der Waals surface area contributed by atoms with Crippen LogP contribution in [0.5, 0.6) is 0 Å². The van der Waals surface area contributed by atoms with Crippen LogP contribution in [-0.2, 0) is 0 Å². The van der Waals surface area contributed by atoms with Crippen molar-refractivity contribution in [3.8, 4) is 0 Å². The Morgan fingerprint density at radius 1 is 1.37 bits per heavy atom. The third-order valence-electron chi connectivity index (χ3n) is 4.01. The molecule has 2 aliphatic rings. The van der Waals surface area contributed by atoms with Crippen molar-refractivity contribution in [1.82, 2.24) is 15.1 Å². The van der Waals surface area contributed by atoms with Crippen molar-refractivity contribution in [1.29, 1.82) is 0 Å². The molecule has 1 aliphatic heterocycles. The van der Waals surface area contributed by atoms with Gasteiger partial charge < -0.3 is 20.2 Å². The van der Waals surface area contributed by atoms with E-state index >= 15 is 0 Å². The first-order valence-electron chi connectivity index (χ1n) is 7.46. The number of aliphatic hydroxyl groups is 1. The van der Waals surface area contributed by atoms with E-state index in [-0.39, 0.29) is 12.1 Å². The summed E-state index contributed by atoms with van der Waals surface area (Å²) in [5.41, 5.74) is 0. The van der Waals surface area contributed by atoms with Gasteiger partial charge >= 0.3 is 6.03 Å². The summed E-state index contributed by atoms with van der Waals surface area (Å²) in [5, 5.41) is 12.4. The van der Waals surface area contributed by atoms with E-state index in [4.69, 9.17) is 0 Å². The average Bonchev–Trinajstić information content (AvgIpc) is 3.14. The van der Waals surface area contributed by atoms with Crippen molar-refractivity contribution in [3.05, 3.63) is 0 Å². The molecule has 0 aromatic carbocycles. The molecule has 0 aromatic rings. The van der Waals surface area contributed by atoms with E-state index in [9.17, 15) is 9.90 Å². The Bertz CT molecular complexity index is 297. The van der Waals surface area contributed by atoms with Gasteiger partial charge in [0.05, 0.1) is 6.10 Å². The molecule has 1 aliphatic carbocycles. The Kier molecular flexibility index (Phi) is 5.05. The summed E-state index contributed by atoms with van der Waals surface area (Å²) < 4.78 is 0. The number of piperidine rings is 1. The summed E-state index contributed by atoms with van der Waals surface area (Å²) in [7, 11) is 1.89. The zero-order chi connectivity index (χ0) is 13.8. The molecule has 2 N–H and O–H groups in total. The summed E-state index contributed by atoms with van der Waals surface area (Å²) in [6.45, 7) is 5.52. The number of aliphatic hydroxyl groups excluding tert-OH is 1. The van der Waals surface area contributed by atoms with Crippen molar-refractivity contribution >= 4 is 6.03 Å². The molecular formula is C14H27N3O2. The van der Waals surface area contributed by atoms with Gasteiger partial charge in [-0.2, -0.15) is 0 Å². The van der Waals surface area contributed by atoms with Crippen LogP contribution < -0.4 is 5.32 Å². The number of nitrogens with zero attached hydrogens (tertiary/aromatic N) is 2. The highest BCUT2D eigenvalue weighted by Crippen LogP contribution is 2.20. The highest BCUT2D eigenvalue weighted by Gasteiger charge is 2.26. The first-order chi connectivity index (χ1) is 9.04. The highest BCUT2D eigenvalue weighted by atomic mass is 16.3. The number of nitrogens with one attached hydrogen (secondary N) is 1. The Morgan fingerprint density at radius 3 is 2.53 bits per heavy atom. The van der Waals surface area contributed by atoms with E-state index in [2.05, 4.69) is 10.2 Å². The Morgan fingerprint density at radius 2 is 2.00 bits per heavy atom. The van der Waals surface area contributed by atoms with Gasteiger partial charge in [0.2, 0.25) is 0 Å². The second kappa shape index (κ2) is 6.57. The van der Waals surface area contributed by atoms with Gasteiger partial charge in [0.15, 0.2) is 0 Å². The molecular weight excluding hydrogens is 242 g/mol. The number of rotatable bonds is 5. The van der Waals surface area contributed by atoms with Gasteiger partial charge in [0.1, 0.15) is 0 Å². The number of carbonyl (C=O) groups is 1. The number of hydrogen-bond acceptors (Lipinski definition) is 3. The van der Waals surface area contributed by atoms with Crippen molar-refractivity contribution < 1.29 is 9.90 Å². The van der Waals surface area contributed by atoms with Crippen molar-refractivity contribution in [2.75, 3.05) is 33.2 Å². The van der Waals surface area contributed by atoms with E-state index in [1.54, 1.807) is 0 Å². The lowest BCUT2D eigenvalue weighted by Crippen LogP contribution is -2.44. The lowest BCUT2D eigenvalue weighted by Gasteiger charge is -2.34. The maximum Gasteiger partial charge on any atom is 0.317 e. The molecule has 0 radical (unpaired) electrons. The van der Waals surface area contributed by atoms with Crippen LogP contribution in [-0.4, -0.2) is 66.3 Å². The Balaban J connectivity index is 1.65. The quantitative estimate of drug-likeness (QED) is 0.779. The van der Waals surface area contributed by atoms with Crippen LogP contribution in [0, 0.1) is 5.92 Å². The largest absolute Gasteiger partial charge is 0.392 e. The molecule has 1 atom stereocenters. The normalized spacial score (nSPS) is 23.1. The Hall–Kier alpha value is -0.810. The number of hydrogen-bond donors (Lipinski definition) is 2. The van der Waals surface area contributed by atoms with Gasteiger partial charge in [-0.3, -0.25) is 0 Å². The molecule has 0 unspecified atom stereocenters. The van der Waals surface area contributed by atoms with Gasteiger partial charge in [0, 0.05) is 26.2 Å². The molecule has 110 valence electrons. The number of likely N-dealkylation sites (tertiary alicyclic amines) is 1. The molecule has 1 saturated carbocycles. The molecule has 2 fully saturated rings. The van der Waals surface area contributed by atoms with Crippen LogP contribution in [0.15, 0.2) is 0 Å². The molecule has 0 bridgehead atoms. The SMILES string of the molecule is C[C@@H](O)CN1CCC(CN(C)C(=O)NC2CC2)CC1. The minimum absolute atomic E-state index is 0.0777. The molecule has 5 nitrogen and oxygen atoms in total. The molecule has 1 heterocycles. The number of amides is 2. The summed E-state index contributed by atoms with van der Waals surface area (Å²) in [6.07, 6.45) is 4.26. The van der Waals surface area contributed by atoms with Crippen molar-refractivity contribution in [2.45, 2.75) is 44.8 Å². The summed E-state index contributed by atoms with van der Waals surface area (Å²) in [6, 6.07) is 0.511. The standard InChI is InChI=1S/C14H27N3O2/c1-11(18)9-17-7-5-12(6-8-17)10-16(2)14(19)15-13-3-4-13/h11-13,18H,3-10H2,1-2H3,(H,15,19)/t11-/m1/s1.